The first kappa shape index (κ1) is 10.9. The second-order valence-electron chi connectivity index (χ2n) is 4.69. The van der Waals surface area contributed by atoms with Crippen LogP contribution in [0.2, 0.25) is 0 Å². The fraction of sp³-hybridized carbons (Fsp3) is 0.900. The van der Waals surface area contributed by atoms with Gasteiger partial charge in [0, 0.05) is 6.92 Å². The van der Waals surface area contributed by atoms with Crippen LogP contribution in [0.25, 0.3) is 0 Å². The smallest absolute Gasteiger partial charge is 0.233 e. The zero-order valence-electron chi connectivity index (χ0n) is 9.61. The van der Waals surface area contributed by atoms with Gasteiger partial charge in [-0.3, -0.25) is 9.80 Å². The molecule has 0 bridgehead atoms. The van der Waals surface area contributed by atoms with Gasteiger partial charge in [0.25, 0.3) is 0 Å². The third kappa shape index (κ3) is 2.00. The van der Waals surface area contributed by atoms with Crippen molar-refractivity contribution in [2.45, 2.75) is 51.7 Å². The van der Waals surface area contributed by atoms with E-state index in [0.717, 1.165) is 0 Å². The van der Waals surface area contributed by atoms with Crippen LogP contribution < -0.4 is 5.43 Å². The van der Waals surface area contributed by atoms with Crippen molar-refractivity contribution >= 4 is 5.91 Å². The normalized spacial score (nSPS) is 38.9. The highest BCUT2D eigenvalue weighted by Crippen LogP contribution is 2.32. The Morgan fingerprint density at radius 3 is 2.73 bits per heavy atom. The predicted molar refractivity (Wildman–Crippen MR) is 53.8 cm³/mol. The summed E-state index contributed by atoms with van der Waals surface area (Å²) in [5, 5.41) is 1.59. The first-order valence-corrected chi connectivity index (χ1v) is 5.29. The minimum absolute atomic E-state index is 0.00797. The van der Waals surface area contributed by atoms with Crippen molar-refractivity contribution in [2.75, 3.05) is 6.54 Å². The zero-order valence-corrected chi connectivity index (χ0v) is 9.61. The number of hydrazine groups is 1. The Morgan fingerprint density at radius 2 is 2.13 bits per heavy atom. The average molecular weight is 214 g/mol. The van der Waals surface area contributed by atoms with Crippen LogP contribution in [0.15, 0.2) is 0 Å². The molecule has 2 saturated heterocycles. The average Bonchev–Trinajstić information content (AvgIpc) is 2.39. The standard InChI is InChI=1S/C10H18N2O3/c1-6-9-8(14-10(3,4)15-9)5-12(11-6)7(2)13/h6,8-9,11H,5H2,1-4H3/t6-,8-,9+/m0/s1. The summed E-state index contributed by atoms with van der Waals surface area (Å²) >= 11 is 0. The van der Waals surface area contributed by atoms with E-state index in [1.165, 1.54) is 0 Å². The summed E-state index contributed by atoms with van der Waals surface area (Å²) in [5.74, 6) is -0.536. The molecule has 0 aromatic heterocycles. The van der Waals surface area contributed by atoms with Crippen molar-refractivity contribution in [3.05, 3.63) is 0 Å². The molecule has 0 aliphatic carbocycles. The van der Waals surface area contributed by atoms with Gasteiger partial charge < -0.3 is 9.47 Å². The molecule has 5 nitrogen and oxygen atoms in total. The number of carbonyl (C=O) groups is 1. The molecule has 2 rings (SSSR count). The van der Waals surface area contributed by atoms with E-state index in [1.54, 1.807) is 11.9 Å². The third-order valence-corrected chi connectivity index (χ3v) is 2.82. The summed E-state index contributed by atoms with van der Waals surface area (Å²) in [6.07, 6.45) is -0.00394. The Labute approximate surface area is 89.7 Å². The quantitative estimate of drug-likeness (QED) is 0.628. The maximum Gasteiger partial charge on any atom is 0.233 e. The van der Waals surface area contributed by atoms with E-state index >= 15 is 0 Å². The topological polar surface area (TPSA) is 50.8 Å². The molecule has 2 aliphatic heterocycles. The summed E-state index contributed by atoms with van der Waals surface area (Å²) < 4.78 is 11.5. The van der Waals surface area contributed by atoms with Gasteiger partial charge >= 0.3 is 0 Å². The maximum atomic E-state index is 11.3. The molecule has 0 spiro atoms. The number of hydrogen-bond acceptors (Lipinski definition) is 4. The number of carbonyl (C=O) groups excluding carboxylic acids is 1. The Morgan fingerprint density at radius 1 is 1.47 bits per heavy atom. The van der Waals surface area contributed by atoms with E-state index in [0.29, 0.717) is 6.54 Å². The van der Waals surface area contributed by atoms with Gasteiger partial charge in [-0.15, -0.1) is 0 Å². The Bertz CT molecular complexity index is 280. The lowest BCUT2D eigenvalue weighted by molar-refractivity contribution is -0.147. The molecule has 2 aliphatic rings. The van der Waals surface area contributed by atoms with E-state index in [2.05, 4.69) is 5.43 Å². The summed E-state index contributed by atoms with van der Waals surface area (Å²) in [5.41, 5.74) is 3.10. The molecule has 3 atom stereocenters. The van der Waals surface area contributed by atoms with Crippen LogP contribution >= 0.6 is 0 Å². The van der Waals surface area contributed by atoms with E-state index in [9.17, 15) is 4.79 Å². The molecule has 1 amide bonds. The molecule has 0 radical (unpaired) electrons. The minimum Gasteiger partial charge on any atom is -0.343 e. The SMILES string of the molecule is CC(=O)N1C[C@@H]2OC(C)(C)O[C@@H]2[C@H](C)N1. The number of fused-ring (bicyclic) bond motifs is 1. The summed E-state index contributed by atoms with van der Waals surface area (Å²) in [6, 6.07) is 0.0921. The van der Waals surface area contributed by atoms with Crippen LogP contribution in [0.1, 0.15) is 27.7 Å². The van der Waals surface area contributed by atoms with Crippen LogP contribution in [-0.2, 0) is 14.3 Å². The van der Waals surface area contributed by atoms with Crippen molar-refractivity contribution in [3.8, 4) is 0 Å². The molecule has 15 heavy (non-hydrogen) atoms. The van der Waals surface area contributed by atoms with Crippen molar-refractivity contribution in [1.29, 1.82) is 0 Å². The van der Waals surface area contributed by atoms with Gasteiger partial charge in [0.1, 0.15) is 12.2 Å². The monoisotopic (exact) mass is 214 g/mol. The first-order chi connectivity index (χ1) is 6.89. The fourth-order valence-electron chi connectivity index (χ4n) is 2.20. The second-order valence-corrected chi connectivity index (χ2v) is 4.69. The lowest BCUT2D eigenvalue weighted by Gasteiger charge is -2.37. The zero-order chi connectivity index (χ0) is 11.2. The van der Waals surface area contributed by atoms with Gasteiger partial charge in [-0.1, -0.05) is 0 Å². The number of rotatable bonds is 0. The Kier molecular flexibility index (Phi) is 2.48. The van der Waals surface area contributed by atoms with Gasteiger partial charge in [-0.25, -0.2) is 5.43 Å². The summed E-state index contributed by atoms with van der Waals surface area (Å²) in [6.45, 7) is 7.89. The summed E-state index contributed by atoms with van der Waals surface area (Å²) in [4.78, 5) is 11.3. The number of hydrogen-bond donors (Lipinski definition) is 1. The van der Waals surface area contributed by atoms with Gasteiger partial charge in [0.15, 0.2) is 5.79 Å². The highest BCUT2D eigenvalue weighted by molar-refractivity contribution is 5.72. The van der Waals surface area contributed by atoms with Crippen LogP contribution in [-0.4, -0.2) is 41.5 Å². The number of ether oxygens (including phenoxy) is 2. The minimum atomic E-state index is -0.544. The van der Waals surface area contributed by atoms with E-state index in [-0.39, 0.29) is 24.2 Å². The Hall–Kier alpha value is -0.650. The molecule has 0 aromatic carbocycles. The van der Waals surface area contributed by atoms with Gasteiger partial charge in [-0.2, -0.15) is 0 Å². The highest BCUT2D eigenvalue weighted by Gasteiger charge is 2.47. The van der Waals surface area contributed by atoms with E-state index in [4.69, 9.17) is 9.47 Å². The molecule has 86 valence electrons. The lowest BCUT2D eigenvalue weighted by atomic mass is 10.1. The maximum absolute atomic E-state index is 11.3. The first-order valence-electron chi connectivity index (χ1n) is 5.29. The van der Waals surface area contributed by atoms with Crippen molar-refractivity contribution in [3.63, 3.8) is 0 Å². The van der Waals surface area contributed by atoms with Crippen LogP contribution in [0, 0.1) is 0 Å². The molecule has 0 unspecified atom stereocenters. The van der Waals surface area contributed by atoms with E-state index in [1.807, 2.05) is 20.8 Å². The van der Waals surface area contributed by atoms with Crippen molar-refractivity contribution in [1.82, 2.24) is 10.4 Å². The predicted octanol–water partition coefficient (Wildman–Crippen LogP) is 0.262. The summed E-state index contributed by atoms with van der Waals surface area (Å²) in [7, 11) is 0. The second kappa shape index (κ2) is 3.43. The number of nitrogens with zero attached hydrogens (tertiary/aromatic N) is 1. The van der Waals surface area contributed by atoms with Gasteiger partial charge in [0.2, 0.25) is 5.91 Å². The van der Waals surface area contributed by atoms with Gasteiger partial charge in [-0.05, 0) is 20.8 Å². The molecule has 0 aromatic rings. The van der Waals surface area contributed by atoms with Crippen molar-refractivity contribution in [2.24, 2.45) is 0 Å². The molecular formula is C10H18N2O3. The Balaban J connectivity index is 2.10. The molecule has 1 N–H and O–H groups in total. The molecule has 0 saturated carbocycles. The fourth-order valence-corrected chi connectivity index (χ4v) is 2.20. The van der Waals surface area contributed by atoms with E-state index < -0.39 is 5.79 Å². The number of nitrogens with one attached hydrogen (secondary N) is 1. The van der Waals surface area contributed by atoms with Crippen LogP contribution in [0.5, 0.6) is 0 Å². The molecule has 2 heterocycles. The number of amides is 1. The highest BCUT2D eigenvalue weighted by atomic mass is 16.8. The molecular weight excluding hydrogens is 196 g/mol. The van der Waals surface area contributed by atoms with Crippen LogP contribution in [0.4, 0.5) is 0 Å². The van der Waals surface area contributed by atoms with Crippen LogP contribution in [0.3, 0.4) is 0 Å². The largest absolute Gasteiger partial charge is 0.343 e. The molecule has 5 heteroatoms. The molecule has 2 fully saturated rings. The van der Waals surface area contributed by atoms with Crippen molar-refractivity contribution < 1.29 is 14.3 Å². The van der Waals surface area contributed by atoms with Gasteiger partial charge in [0.05, 0.1) is 12.6 Å². The third-order valence-electron chi connectivity index (χ3n) is 2.82. The lowest BCUT2D eigenvalue weighted by Crippen LogP contribution is -2.61.